The molecule has 0 fully saturated rings. The van der Waals surface area contributed by atoms with Crippen molar-refractivity contribution in [2.24, 2.45) is 0 Å². The molecule has 0 aliphatic heterocycles. The second-order valence-corrected chi connectivity index (χ2v) is 3.19. The van der Waals surface area contributed by atoms with Crippen molar-refractivity contribution in [3.63, 3.8) is 0 Å². The lowest BCUT2D eigenvalue weighted by atomic mass is 10.4. The van der Waals surface area contributed by atoms with Crippen LogP contribution >= 0.6 is 0 Å². The molecular weight excluding hydrogens is 280 g/mol. The van der Waals surface area contributed by atoms with Gasteiger partial charge in [-0.3, -0.25) is 19.3 Å². The molecule has 0 aromatic heterocycles. The van der Waals surface area contributed by atoms with Gasteiger partial charge in [0.25, 0.3) is 0 Å². The smallest absolute Gasteiger partial charge is 0.462 e. The summed E-state index contributed by atoms with van der Waals surface area (Å²) in [4.78, 5) is 43.2. The van der Waals surface area contributed by atoms with E-state index in [9.17, 15) is 14.4 Å². The molecule has 0 saturated carbocycles. The Labute approximate surface area is 114 Å². The van der Waals surface area contributed by atoms with Crippen molar-refractivity contribution in [2.45, 2.75) is 26.9 Å². The van der Waals surface area contributed by atoms with Crippen LogP contribution in [0.4, 0.5) is 4.79 Å². The molecule has 0 aromatic carbocycles. The molecule has 0 aliphatic rings. The van der Waals surface area contributed by atoms with Crippen LogP contribution in [0.5, 0.6) is 0 Å². The Balaban J connectivity index is 0. The molecule has 0 spiro atoms. The van der Waals surface area contributed by atoms with Crippen LogP contribution in [-0.4, -0.2) is 53.7 Å². The van der Waals surface area contributed by atoms with E-state index >= 15 is 0 Å². The van der Waals surface area contributed by atoms with E-state index in [-0.39, 0.29) is 13.2 Å². The van der Waals surface area contributed by atoms with Gasteiger partial charge in [-0.05, 0) is 0 Å². The molecule has 0 amide bonds. The Kier molecular flexibility index (Phi) is 11.7. The third-order valence-electron chi connectivity index (χ3n) is 1.36. The number of esters is 3. The van der Waals surface area contributed by atoms with E-state index in [1.807, 2.05) is 0 Å². The maximum Gasteiger partial charge on any atom is 0.537 e. The first-order valence-electron chi connectivity index (χ1n) is 5.17. The van der Waals surface area contributed by atoms with Crippen LogP contribution < -0.4 is 0 Å². The van der Waals surface area contributed by atoms with Crippen LogP contribution in [-0.2, 0) is 33.5 Å². The predicted octanol–water partition coefficient (Wildman–Crippen LogP) is 0.198. The van der Waals surface area contributed by atoms with Gasteiger partial charge in [-0.1, -0.05) is 0 Å². The van der Waals surface area contributed by atoms with Crippen molar-refractivity contribution in [2.75, 3.05) is 13.2 Å². The Morgan fingerprint density at radius 1 is 0.900 bits per heavy atom. The third kappa shape index (κ3) is 18.0. The second-order valence-electron chi connectivity index (χ2n) is 3.19. The third-order valence-corrected chi connectivity index (χ3v) is 1.36. The Morgan fingerprint density at radius 3 is 1.45 bits per heavy atom. The van der Waals surface area contributed by atoms with Gasteiger partial charge in [-0.25, -0.2) is 4.79 Å². The fourth-order valence-corrected chi connectivity index (χ4v) is 0.771. The van der Waals surface area contributed by atoms with E-state index in [4.69, 9.17) is 19.9 Å². The van der Waals surface area contributed by atoms with Gasteiger partial charge >= 0.3 is 24.1 Å². The minimum absolute atomic E-state index is 0.123. The van der Waals surface area contributed by atoms with Gasteiger partial charge in [0.2, 0.25) is 0 Å². The first-order chi connectivity index (χ1) is 9.18. The summed E-state index contributed by atoms with van der Waals surface area (Å²) in [6.07, 6.45) is -2.44. The topological polar surface area (TPSA) is 146 Å². The number of hydrogen-bond acceptors (Lipinski definition) is 9. The Hall–Kier alpha value is -2.36. The maximum absolute atomic E-state index is 10.6. The SMILES string of the molecule is CC(=O)OCC(COC(C)=O)OC(C)=O.O=C(O)OO. The van der Waals surface area contributed by atoms with Crippen LogP contribution in [0, 0.1) is 0 Å². The molecule has 0 aliphatic carbocycles. The number of carboxylic acid groups (broad SMARTS) is 1. The summed E-state index contributed by atoms with van der Waals surface area (Å²) >= 11 is 0. The van der Waals surface area contributed by atoms with E-state index in [0.717, 1.165) is 0 Å². The lowest BCUT2D eigenvalue weighted by Crippen LogP contribution is -2.29. The van der Waals surface area contributed by atoms with Crippen LogP contribution in [0.3, 0.4) is 0 Å². The summed E-state index contributed by atoms with van der Waals surface area (Å²) < 4.78 is 14.0. The van der Waals surface area contributed by atoms with E-state index in [0.29, 0.717) is 0 Å². The summed E-state index contributed by atoms with van der Waals surface area (Å²) in [5.74, 6) is -1.51. The average Bonchev–Trinajstić information content (AvgIpc) is 2.32. The monoisotopic (exact) mass is 296 g/mol. The van der Waals surface area contributed by atoms with E-state index < -0.39 is 30.2 Å². The van der Waals surface area contributed by atoms with Crippen molar-refractivity contribution >= 4 is 24.1 Å². The molecule has 0 atom stereocenters. The van der Waals surface area contributed by atoms with Gasteiger partial charge in [-0.2, -0.15) is 5.26 Å². The molecule has 2 N–H and O–H groups in total. The van der Waals surface area contributed by atoms with Crippen molar-refractivity contribution in [3.05, 3.63) is 0 Å². The van der Waals surface area contributed by atoms with Gasteiger partial charge in [-0.15, -0.1) is 0 Å². The molecule has 20 heavy (non-hydrogen) atoms. The van der Waals surface area contributed by atoms with Crippen molar-refractivity contribution in [3.8, 4) is 0 Å². The molecule has 0 heterocycles. The number of rotatable bonds is 5. The van der Waals surface area contributed by atoms with Gasteiger partial charge in [0.15, 0.2) is 6.10 Å². The highest BCUT2D eigenvalue weighted by atomic mass is 17.1. The van der Waals surface area contributed by atoms with Gasteiger partial charge in [0, 0.05) is 20.8 Å². The van der Waals surface area contributed by atoms with Gasteiger partial charge < -0.3 is 19.3 Å². The first-order valence-corrected chi connectivity index (χ1v) is 5.17. The lowest BCUT2D eigenvalue weighted by molar-refractivity contribution is -0.194. The summed E-state index contributed by atoms with van der Waals surface area (Å²) in [6, 6.07) is 0. The van der Waals surface area contributed by atoms with E-state index in [1.54, 1.807) is 0 Å². The summed E-state index contributed by atoms with van der Waals surface area (Å²) in [5, 5.41) is 14.3. The number of ether oxygens (including phenoxy) is 3. The molecule has 0 rings (SSSR count). The van der Waals surface area contributed by atoms with Gasteiger partial charge in [0.05, 0.1) is 0 Å². The Bertz CT molecular complexity index is 319. The zero-order valence-corrected chi connectivity index (χ0v) is 11.2. The first kappa shape index (κ1) is 20.0. The van der Waals surface area contributed by atoms with Crippen LogP contribution in [0.15, 0.2) is 0 Å². The summed E-state index contributed by atoms with van der Waals surface area (Å²) in [6.45, 7) is 3.44. The van der Waals surface area contributed by atoms with E-state index in [1.165, 1.54) is 20.8 Å². The van der Waals surface area contributed by atoms with Crippen LogP contribution in [0.1, 0.15) is 20.8 Å². The lowest BCUT2D eigenvalue weighted by Gasteiger charge is -2.15. The molecule has 10 nitrogen and oxygen atoms in total. The molecule has 0 aromatic rings. The average molecular weight is 296 g/mol. The molecule has 0 radical (unpaired) electrons. The summed E-state index contributed by atoms with van der Waals surface area (Å²) in [7, 11) is 0. The molecule has 0 unspecified atom stereocenters. The molecular formula is C10H16O10. The standard InChI is InChI=1S/C9H14O6.CH2O4/c1-6(10)13-4-9(15-8(3)12)5-14-7(2)11;2-1(3)5-4/h9H,4-5H2,1-3H3;4H,(H,2,3). The molecule has 10 heteroatoms. The highest BCUT2D eigenvalue weighted by Gasteiger charge is 2.15. The fourth-order valence-electron chi connectivity index (χ4n) is 0.771. The minimum Gasteiger partial charge on any atom is -0.462 e. The highest BCUT2D eigenvalue weighted by Crippen LogP contribution is 1.97. The molecule has 116 valence electrons. The fraction of sp³-hybridized carbons (Fsp3) is 0.600. The van der Waals surface area contributed by atoms with Crippen molar-refractivity contribution in [1.29, 1.82) is 0 Å². The zero-order valence-electron chi connectivity index (χ0n) is 11.2. The van der Waals surface area contributed by atoms with E-state index in [2.05, 4.69) is 14.4 Å². The summed E-state index contributed by atoms with van der Waals surface area (Å²) in [5.41, 5.74) is 0. The number of carbonyl (C=O) groups excluding carboxylic acids is 3. The normalized spacial score (nSPS) is 8.85. The molecule has 0 saturated heterocycles. The number of hydrogen-bond donors (Lipinski definition) is 2. The largest absolute Gasteiger partial charge is 0.537 e. The van der Waals surface area contributed by atoms with Crippen molar-refractivity contribution in [1.82, 2.24) is 0 Å². The van der Waals surface area contributed by atoms with Crippen LogP contribution in [0.25, 0.3) is 0 Å². The number of carbonyl (C=O) groups is 4. The molecule has 0 bridgehead atoms. The zero-order chi connectivity index (χ0) is 16.1. The quantitative estimate of drug-likeness (QED) is 0.312. The minimum atomic E-state index is -1.69. The Morgan fingerprint density at radius 2 is 1.25 bits per heavy atom. The maximum atomic E-state index is 10.6. The van der Waals surface area contributed by atoms with Gasteiger partial charge in [0.1, 0.15) is 13.2 Å². The highest BCUT2D eigenvalue weighted by molar-refractivity contribution is 5.67. The van der Waals surface area contributed by atoms with Crippen LogP contribution in [0.2, 0.25) is 0 Å². The predicted molar refractivity (Wildman–Crippen MR) is 60.6 cm³/mol. The second kappa shape index (κ2) is 11.7. The van der Waals surface area contributed by atoms with Crippen molar-refractivity contribution < 1.29 is 48.6 Å².